The summed E-state index contributed by atoms with van der Waals surface area (Å²) in [6.07, 6.45) is 4.74. The molecule has 1 atom stereocenters. The van der Waals surface area contributed by atoms with Crippen LogP contribution >= 0.6 is 0 Å². The van der Waals surface area contributed by atoms with E-state index in [0.717, 1.165) is 29.7 Å². The van der Waals surface area contributed by atoms with Gasteiger partial charge in [-0.25, -0.2) is 0 Å². The van der Waals surface area contributed by atoms with Crippen LogP contribution in [0, 0.1) is 5.92 Å². The van der Waals surface area contributed by atoms with Gasteiger partial charge in [0.1, 0.15) is 5.75 Å². The number of ether oxygens (including phenoxy) is 1. The third-order valence-electron chi connectivity index (χ3n) is 13.3. The largest absolute Gasteiger partial charge is 0.494 e. The van der Waals surface area contributed by atoms with Crippen LogP contribution < -0.4 is 15.7 Å². The minimum atomic E-state index is -0.596. The average Bonchev–Trinajstić information content (AvgIpc) is 3.72. The molecular formula is C45H54B2O5. The van der Waals surface area contributed by atoms with Crippen molar-refractivity contribution in [1.29, 1.82) is 0 Å². The molecule has 2 heterocycles. The molecule has 4 aliphatic rings. The highest BCUT2D eigenvalue weighted by molar-refractivity contribution is 6.62. The van der Waals surface area contributed by atoms with Crippen molar-refractivity contribution in [2.24, 2.45) is 5.92 Å². The van der Waals surface area contributed by atoms with Crippen molar-refractivity contribution in [3.8, 4) is 28.0 Å². The second kappa shape index (κ2) is 12.3. The molecule has 270 valence electrons. The Balaban J connectivity index is 1.32. The lowest BCUT2D eigenvalue weighted by molar-refractivity contribution is 0.00578. The zero-order valence-corrected chi connectivity index (χ0v) is 32.8. The molecule has 52 heavy (non-hydrogen) atoms. The van der Waals surface area contributed by atoms with Gasteiger partial charge in [0, 0.05) is 0 Å². The maximum absolute atomic E-state index is 6.68. The zero-order valence-electron chi connectivity index (χ0n) is 32.8. The summed E-state index contributed by atoms with van der Waals surface area (Å²) in [6.45, 7) is 22.2. The van der Waals surface area contributed by atoms with Crippen LogP contribution in [-0.4, -0.2) is 43.2 Å². The number of benzene rings is 4. The van der Waals surface area contributed by atoms with Gasteiger partial charge >= 0.3 is 14.2 Å². The number of hydrogen-bond acceptors (Lipinski definition) is 5. The van der Waals surface area contributed by atoms with Gasteiger partial charge < -0.3 is 23.4 Å². The lowest BCUT2D eigenvalue weighted by atomic mass is 9.67. The second-order valence-electron chi connectivity index (χ2n) is 17.5. The highest BCUT2D eigenvalue weighted by atomic mass is 16.7. The van der Waals surface area contributed by atoms with E-state index in [9.17, 15) is 0 Å². The summed E-state index contributed by atoms with van der Waals surface area (Å²) in [5, 5.41) is 0. The molecule has 4 aromatic carbocycles. The van der Waals surface area contributed by atoms with Gasteiger partial charge in [-0.2, -0.15) is 0 Å². The Morgan fingerprint density at radius 1 is 0.558 bits per heavy atom. The standard InChI is InChI=1S/C45H54B2O5/c1-11-13-16-29(12-2)28-48-32-21-24-36-33-17-14-15-18-37(33)45(40(36)27-32)38-25-30(46-49-41(3,4)42(5,6)50-46)19-22-34(38)35-23-20-31(26-39(35)45)47-51-43(7,8)44(9,10)52-47/h14-15,17-27,29H,11-13,16,28H2,1-10H3. The van der Waals surface area contributed by atoms with Gasteiger partial charge in [-0.1, -0.05) is 99.8 Å². The van der Waals surface area contributed by atoms with E-state index in [2.05, 4.69) is 148 Å². The van der Waals surface area contributed by atoms with E-state index in [1.807, 2.05) is 0 Å². The zero-order chi connectivity index (χ0) is 36.8. The maximum Gasteiger partial charge on any atom is 0.494 e. The van der Waals surface area contributed by atoms with Crippen molar-refractivity contribution in [1.82, 2.24) is 0 Å². The molecule has 7 heteroatoms. The first-order chi connectivity index (χ1) is 24.6. The third kappa shape index (κ3) is 5.28. The normalized spacial score (nSPS) is 21.2. The van der Waals surface area contributed by atoms with E-state index >= 15 is 0 Å². The average molecular weight is 697 g/mol. The van der Waals surface area contributed by atoms with Gasteiger partial charge in [0.2, 0.25) is 0 Å². The predicted molar refractivity (Wildman–Crippen MR) is 213 cm³/mol. The SMILES string of the molecule is CCCCC(CC)COc1ccc2c(c1)C1(c3ccccc3-2)c2cc(B3OC(C)(C)C(C)(C)O3)ccc2-c2ccc(B3OC(C)(C)C(C)(C)O3)cc21. The first kappa shape index (κ1) is 35.7. The summed E-state index contributed by atoms with van der Waals surface area (Å²) in [5.74, 6) is 1.46. The predicted octanol–water partition coefficient (Wildman–Crippen LogP) is 9.22. The highest BCUT2D eigenvalue weighted by Crippen LogP contribution is 2.63. The Kier molecular flexibility index (Phi) is 8.47. The molecule has 0 amide bonds. The van der Waals surface area contributed by atoms with Crippen molar-refractivity contribution in [2.75, 3.05) is 6.61 Å². The van der Waals surface area contributed by atoms with E-state index in [-0.39, 0.29) is 0 Å². The van der Waals surface area contributed by atoms with E-state index < -0.39 is 42.1 Å². The number of unbranched alkanes of at least 4 members (excludes halogenated alkanes) is 1. The summed E-state index contributed by atoms with van der Waals surface area (Å²) >= 11 is 0. The molecule has 0 saturated carbocycles. The highest BCUT2D eigenvalue weighted by Gasteiger charge is 2.56. The molecule has 4 aromatic rings. The Hall–Kier alpha value is -3.35. The molecule has 0 aromatic heterocycles. The molecule has 2 fully saturated rings. The lowest BCUT2D eigenvalue weighted by Crippen LogP contribution is -2.41. The molecule has 0 radical (unpaired) electrons. The maximum atomic E-state index is 6.68. The fraction of sp³-hybridized carbons (Fsp3) is 0.467. The minimum Gasteiger partial charge on any atom is -0.493 e. The molecule has 2 aliphatic carbocycles. The Bertz CT molecular complexity index is 1910. The summed E-state index contributed by atoms with van der Waals surface area (Å²) in [4.78, 5) is 0. The molecule has 1 spiro atoms. The van der Waals surface area contributed by atoms with Crippen molar-refractivity contribution >= 4 is 25.2 Å². The van der Waals surface area contributed by atoms with Gasteiger partial charge in [-0.15, -0.1) is 0 Å². The van der Waals surface area contributed by atoms with Crippen molar-refractivity contribution in [3.63, 3.8) is 0 Å². The van der Waals surface area contributed by atoms with E-state index in [1.54, 1.807) is 0 Å². The fourth-order valence-corrected chi connectivity index (χ4v) is 8.65. The molecule has 0 N–H and O–H groups in total. The van der Waals surface area contributed by atoms with Crippen LogP contribution in [0.2, 0.25) is 0 Å². The third-order valence-corrected chi connectivity index (χ3v) is 13.3. The van der Waals surface area contributed by atoms with Crippen LogP contribution in [0.5, 0.6) is 5.75 Å². The van der Waals surface area contributed by atoms with Crippen LogP contribution in [0.25, 0.3) is 22.3 Å². The molecule has 2 aliphatic heterocycles. The number of hydrogen-bond donors (Lipinski definition) is 0. The van der Waals surface area contributed by atoms with Crippen LogP contribution in [-0.2, 0) is 24.0 Å². The van der Waals surface area contributed by atoms with E-state index in [1.165, 1.54) is 63.8 Å². The summed E-state index contributed by atoms with van der Waals surface area (Å²) in [6, 6.07) is 29.3. The van der Waals surface area contributed by atoms with Crippen LogP contribution in [0.3, 0.4) is 0 Å². The van der Waals surface area contributed by atoms with Gasteiger partial charge in [-0.3, -0.25) is 0 Å². The second-order valence-corrected chi connectivity index (χ2v) is 17.5. The molecule has 5 nitrogen and oxygen atoms in total. The first-order valence-electron chi connectivity index (χ1n) is 19.5. The van der Waals surface area contributed by atoms with Gasteiger partial charge in [0.15, 0.2) is 0 Å². The van der Waals surface area contributed by atoms with Crippen LogP contribution in [0.1, 0.15) is 117 Å². The van der Waals surface area contributed by atoms with Gasteiger partial charge in [0.25, 0.3) is 0 Å². The van der Waals surface area contributed by atoms with Crippen molar-refractivity contribution in [2.45, 2.75) is 123 Å². The van der Waals surface area contributed by atoms with Gasteiger partial charge in [-0.05, 0) is 135 Å². The molecule has 0 bridgehead atoms. The van der Waals surface area contributed by atoms with E-state index in [0.29, 0.717) is 5.92 Å². The van der Waals surface area contributed by atoms with Crippen molar-refractivity contribution in [3.05, 3.63) is 101 Å². The summed E-state index contributed by atoms with van der Waals surface area (Å²) in [7, 11) is -0.951. The first-order valence-corrected chi connectivity index (χ1v) is 19.5. The molecule has 2 saturated heterocycles. The Morgan fingerprint density at radius 3 is 1.52 bits per heavy atom. The molecule has 1 unspecified atom stereocenters. The Morgan fingerprint density at radius 2 is 1.02 bits per heavy atom. The lowest BCUT2D eigenvalue weighted by Gasteiger charge is -2.32. The molecule has 8 rings (SSSR count). The number of rotatable bonds is 9. The Labute approximate surface area is 312 Å². The molecular weight excluding hydrogens is 642 g/mol. The smallest absolute Gasteiger partial charge is 0.493 e. The number of fused-ring (bicyclic) bond motifs is 10. The fourth-order valence-electron chi connectivity index (χ4n) is 8.65. The van der Waals surface area contributed by atoms with Crippen LogP contribution in [0.15, 0.2) is 78.9 Å². The quantitative estimate of drug-likeness (QED) is 0.141. The van der Waals surface area contributed by atoms with Gasteiger partial charge in [0.05, 0.1) is 34.4 Å². The van der Waals surface area contributed by atoms with E-state index in [4.69, 9.17) is 23.4 Å². The summed E-state index contributed by atoms with van der Waals surface area (Å²) in [5.41, 5.74) is 9.58. The van der Waals surface area contributed by atoms with Crippen LogP contribution in [0.4, 0.5) is 0 Å². The monoisotopic (exact) mass is 696 g/mol. The minimum absolute atomic E-state index is 0.443. The summed E-state index contributed by atoms with van der Waals surface area (Å²) < 4.78 is 33.2. The van der Waals surface area contributed by atoms with Crippen molar-refractivity contribution < 1.29 is 23.4 Å². The topological polar surface area (TPSA) is 46.2 Å².